The molecule has 7 nitrogen and oxygen atoms in total. The lowest BCUT2D eigenvalue weighted by Crippen LogP contribution is -2.55. The summed E-state index contributed by atoms with van der Waals surface area (Å²) in [4.78, 5) is 44.3. The van der Waals surface area contributed by atoms with E-state index in [0.29, 0.717) is 19.3 Å². The molecule has 0 fully saturated rings. The Morgan fingerprint density at radius 2 is 1.67 bits per heavy atom. The normalized spacial score (nSPS) is 13.6. The molecule has 0 bridgehead atoms. The van der Waals surface area contributed by atoms with Crippen molar-refractivity contribution in [2.24, 2.45) is 5.73 Å². The Labute approximate surface area is 235 Å². The van der Waals surface area contributed by atoms with Crippen LogP contribution in [0.25, 0.3) is 10.8 Å². The van der Waals surface area contributed by atoms with E-state index in [1.807, 2.05) is 80.7 Å². The van der Waals surface area contributed by atoms with Crippen LogP contribution in [-0.4, -0.2) is 66.3 Å². The quantitative estimate of drug-likeness (QED) is 0.352. The predicted molar refractivity (Wildman–Crippen MR) is 159 cm³/mol. The van der Waals surface area contributed by atoms with Crippen LogP contribution in [0.2, 0.25) is 0 Å². The van der Waals surface area contributed by atoms with Crippen LogP contribution >= 0.6 is 11.3 Å². The van der Waals surface area contributed by atoms with Crippen LogP contribution in [0.1, 0.15) is 37.6 Å². The number of nitrogens with two attached hydrogens (primary N) is 1. The third kappa shape index (κ3) is 8.25. The number of thiophene rings is 1. The highest BCUT2D eigenvalue weighted by Gasteiger charge is 2.34. The Kier molecular flexibility index (Phi) is 10.1. The fraction of sp³-hybridized carbons (Fsp3) is 0.387. The molecule has 2 atom stereocenters. The van der Waals surface area contributed by atoms with Gasteiger partial charge >= 0.3 is 0 Å². The van der Waals surface area contributed by atoms with Gasteiger partial charge in [-0.2, -0.15) is 0 Å². The van der Waals surface area contributed by atoms with Crippen LogP contribution < -0.4 is 11.1 Å². The van der Waals surface area contributed by atoms with Gasteiger partial charge in [0.25, 0.3) is 0 Å². The molecule has 0 aliphatic heterocycles. The first kappa shape index (κ1) is 30.1. The van der Waals surface area contributed by atoms with Crippen LogP contribution in [0.15, 0.2) is 71.6 Å². The van der Waals surface area contributed by atoms with E-state index in [0.717, 1.165) is 26.8 Å². The summed E-state index contributed by atoms with van der Waals surface area (Å²) in [5.74, 6) is -0.827. The number of nitrogens with zero attached hydrogens (tertiary/aromatic N) is 2. The summed E-state index contributed by atoms with van der Waals surface area (Å²) in [7, 11) is 4.85. The smallest absolute Gasteiger partial charge is 0.246 e. The monoisotopic (exact) mass is 548 g/mol. The second kappa shape index (κ2) is 13.0. The zero-order chi connectivity index (χ0) is 28.7. The summed E-state index contributed by atoms with van der Waals surface area (Å²) in [6.07, 6.45) is 2.81. The van der Waals surface area contributed by atoms with Gasteiger partial charge in [-0.15, -0.1) is 11.3 Å². The van der Waals surface area contributed by atoms with Crippen molar-refractivity contribution in [1.29, 1.82) is 0 Å². The molecule has 3 aromatic rings. The van der Waals surface area contributed by atoms with Gasteiger partial charge < -0.3 is 20.9 Å². The number of carbonyl (C=O) groups is 3. The van der Waals surface area contributed by atoms with Gasteiger partial charge in [0.05, 0.1) is 0 Å². The third-order valence-corrected chi connectivity index (χ3v) is 7.68. The molecule has 1 heterocycles. The van der Waals surface area contributed by atoms with E-state index in [-0.39, 0.29) is 17.7 Å². The number of nitrogens with one attached hydrogen (secondary N) is 1. The average molecular weight is 549 g/mol. The van der Waals surface area contributed by atoms with E-state index in [1.54, 1.807) is 38.6 Å². The molecular formula is C31H40N4O3S. The van der Waals surface area contributed by atoms with Crippen molar-refractivity contribution in [3.8, 4) is 0 Å². The van der Waals surface area contributed by atoms with Crippen molar-refractivity contribution in [3.63, 3.8) is 0 Å². The van der Waals surface area contributed by atoms with Crippen LogP contribution in [0.4, 0.5) is 0 Å². The lowest BCUT2D eigenvalue weighted by molar-refractivity contribution is -0.146. The zero-order valence-corrected chi connectivity index (χ0v) is 24.5. The van der Waals surface area contributed by atoms with Gasteiger partial charge in [0, 0.05) is 50.5 Å². The van der Waals surface area contributed by atoms with Crippen molar-refractivity contribution < 1.29 is 14.4 Å². The molecule has 0 aliphatic rings. The van der Waals surface area contributed by atoms with Gasteiger partial charge in [-0.25, -0.2) is 0 Å². The second-order valence-corrected chi connectivity index (χ2v) is 11.9. The number of carbonyl (C=O) groups excluding carboxylic acids is 3. The maximum atomic E-state index is 14.1. The van der Waals surface area contributed by atoms with Crippen molar-refractivity contribution in [3.05, 3.63) is 82.1 Å². The minimum Gasteiger partial charge on any atom is -0.357 e. The first-order valence-corrected chi connectivity index (χ1v) is 14.0. The second-order valence-electron chi connectivity index (χ2n) is 10.9. The van der Waals surface area contributed by atoms with Crippen LogP contribution in [0.3, 0.4) is 0 Å². The molecule has 0 aliphatic carbocycles. The van der Waals surface area contributed by atoms with Crippen LogP contribution in [0.5, 0.6) is 0 Å². The predicted octanol–water partition coefficient (Wildman–Crippen LogP) is 4.16. The molecule has 8 heteroatoms. The molecule has 3 N–H and O–H groups in total. The molecule has 0 radical (unpaired) electrons. The lowest BCUT2D eigenvalue weighted by Gasteiger charge is -2.34. The Morgan fingerprint density at radius 3 is 2.28 bits per heavy atom. The molecule has 208 valence electrons. The third-order valence-electron chi connectivity index (χ3n) is 6.79. The van der Waals surface area contributed by atoms with Crippen LogP contribution in [0, 0.1) is 0 Å². The number of likely N-dealkylation sites (N-methyl/N-ethyl adjacent to an activating group) is 3. The highest BCUT2D eigenvalue weighted by Crippen LogP contribution is 2.21. The number of rotatable bonds is 11. The van der Waals surface area contributed by atoms with Crippen molar-refractivity contribution in [1.82, 2.24) is 15.1 Å². The first-order chi connectivity index (χ1) is 18.4. The molecule has 0 saturated heterocycles. The van der Waals surface area contributed by atoms with E-state index in [4.69, 9.17) is 5.73 Å². The Hall–Kier alpha value is -3.49. The number of fused-ring (bicyclic) bond motifs is 1. The van der Waals surface area contributed by atoms with Crippen molar-refractivity contribution in [2.75, 3.05) is 21.1 Å². The molecule has 39 heavy (non-hydrogen) atoms. The van der Waals surface area contributed by atoms with E-state index in [9.17, 15) is 14.4 Å². The molecular weight excluding hydrogens is 508 g/mol. The largest absolute Gasteiger partial charge is 0.357 e. The highest BCUT2D eigenvalue weighted by molar-refractivity contribution is 7.09. The summed E-state index contributed by atoms with van der Waals surface area (Å²) in [5, 5.41) is 6.80. The van der Waals surface area contributed by atoms with Crippen LogP contribution in [-0.2, 0) is 27.2 Å². The number of benzene rings is 2. The van der Waals surface area contributed by atoms with Gasteiger partial charge in [-0.05, 0) is 55.0 Å². The van der Waals surface area contributed by atoms with Gasteiger partial charge in [0.2, 0.25) is 17.7 Å². The SMILES string of the molecule is CNC(=O)[C@@H](Cc1cccs1)N(C)C(=O)[C@@H](Cc1ccc2ccccc2c1)N(C)C(=O)C=C(C)CC(C)(C)N. The molecule has 3 amide bonds. The number of hydrogen-bond donors (Lipinski definition) is 2. The highest BCUT2D eigenvalue weighted by atomic mass is 32.1. The van der Waals surface area contributed by atoms with Crippen molar-refractivity contribution in [2.45, 2.75) is 57.7 Å². The summed E-state index contributed by atoms with van der Waals surface area (Å²) in [6.45, 7) is 5.69. The molecule has 0 spiro atoms. The van der Waals surface area contributed by atoms with E-state index < -0.39 is 17.6 Å². The van der Waals surface area contributed by atoms with Gasteiger partial charge in [-0.3, -0.25) is 14.4 Å². The minimum absolute atomic E-state index is 0.251. The fourth-order valence-electron chi connectivity index (χ4n) is 4.79. The van der Waals surface area contributed by atoms with E-state index in [1.165, 1.54) is 9.80 Å². The minimum atomic E-state index is -0.811. The maximum absolute atomic E-state index is 14.1. The maximum Gasteiger partial charge on any atom is 0.246 e. The average Bonchev–Trinajstić information content (AvgIpc) is 3.41. The number of amides is 3. The van der Waals surface area contributed by atoms with Crippen molar-refractivity contribution >= 4 is 39.8 Å². The topological polar surface area (TPSA) is 95.7 Å². The molecule has 0 unspecified atom stereocenters. The van der Waals surface area contributed by atoms with Gasteiger partial charge in [0.15, 0.2) is 0 Å². The molecule has 3 rings (SSSR count). The van der Waals surface area contributed by atoms with Gasteiger partial charge in [-0.1, -0.05) is 54.1 Å². The van der Waals surface area contributed by atoms with E-state index >= 15 is 0 Å². The fourth-order valence-corrected chi connectivity index (χ4v) is 5.54. The summed E-state index contributed by atoms with van der Waals surface area (Å²) < 4.78 is 0. The Bertz CT molecular complexity index is 1330. The Balaban J connectivity index is 1.95. The van der Waals surface area contributed by atoms with Gasteiger partial charge in [0.1, 0.15) is 12.1 Å². The standard InChI is InChI=1S/C31H40N4O3S/c1-21(20-31(2,3)32)16-28(36)34(5)27(18-22-13-14-23-10-7-8-11-24(23)17-22)30(38)35(6)26(29(37)33-4)19-25-12-9-15-39-25/h7-17,26-27H,18-20,32H2,1-6H3,(H,33,37)/t26-,27-/m1/s1. The lowest BCUT2D eigenvalue weighted by atomic mass is 9.96. The zero-order valence-electron chi connectivity index (χ0n) is 23.7. The Morgan fingerprint density at radius 1 is 0.974 bits per heavy atom. The number of hydrogen-bond acceptors (Lipinski definition) is 5. The summed E-state index contributed by atoms with van der Waals surface area (Å²) in [5.41, 5.74) is 7.46. The first-order valence-electron chi connectivity index (χ1n) is 13.1. The van der Waals surface area contributed by atoms with E-state index in [2.05, 4.69) is 5.32 Å². The summed E-state index contributed by atoms with van der Waals surface area (Å²) >= 11 is 1.54. The molecule has 2 aromatic carbocycles. The molecule has 0 saturated carbocycles. The summed E-state index contributed by atoms with van der Waals surface area (Å²) in [6, 6.07) is 16.4. The molecule has 1 aromatic heterocycles.